The molecule has 0 atom stereocenters. The van der Waals surface area contributed by atoms with Crippen LogP contribution in [-0.4, -0.2) is 9.13 Å². The van der Waals surface area contributed by atoms with Gasteiger partial charge in [0.2, 0.25) is 0 Å². The van der Waals surface area contributed by atoms with Crippen molar-refractivity contribution in [2.24, 2.45) is 0 Å². The van der Waals surface area contributed by atoms with Crippen molar-refractivity contribution in [3.63, 3.8) is 0 Å². The summed E-state index contributed by atoms with van der Waals surface area (Å²) in [6.45, 7) is 0. The van der Waals surface area contributed by atoms with E-state index < -0.39 is 0 Å². The van der Waals surface area contributed by atoms with Gasteiger partial charge in [0.05, 0.1) is 22.1 Å². The molecule has 2 nitrogen and oxygen atoms in total. The number of fused-ring (bicyclic) bond motifs is 13. The number of rotatable bonds is 4. The molecule has 0 aliphatic heterocycles. The Labute approximate surface area is 357 Å². The summed E-state index contributed by atoms with van der Waals surface area (Å²) in [5, 5.41) is 12.7. The molecule has 0 saturated heterocycles. The normalized spacial score (nSPS) is 12.2. The van der Waals surface area contributed by atoms with Crippen LogP contribution in [-0.2, 0) is 0 Å². The second kappa shape index (κ2) is 12.7. The lowest BCUT2D eigenvalue weighted by molar-refractivity contribution is 1.19. The van der Waals surface area contributed by atoms with E-state index >= 15 is 0 Å². The van der Waals surface area contributed by atoms with Gasteiger partial charge in [-0.25, -0.2) is 0 Å². The van der Waals surface area contributed by atoms with Gasteiger partial charge in [0.15, 0.2) is 0 Å². The maximum absolute atomic E-state index is 2.48. The van der Waals surface area contributed by atoms with E-state index in [1.54, 1.807) is 0 Å². The Hall–Kier alpha value is -8.20. The smallest absolute Gasteiger partial charge is 0.0619 e. The molecule has 1 aliphatic carbocycles. The van der Waals surface area contributed by atoms with Crippen molar-refractivity contribution in [2.75, 3.05) is 0 Å². The summed E-state index contributed by atoms with van der Waals surface area (Å²) in [6.07, 6.45) is 0. The summed E-state index contributed by atoms with van der Waals surface area (Å²) in [5.41, 5.74) is 17.4. The first-order chi connectivity index (χ1) is 30.7. The number of aromatic nitrogens is 2. The van der Waals surface area contributed by atoms with E-state index in [0.29, 0.717) is 0 Å². The maximum Gasteiger partial charge on any atom is 0.0619 e. The molecule has 0 saturated carbocycles. The third kappa shape index (κ3) is 4.69. The van der Waals surface area contributed by atoms with E-state index in [4.69, 9.17) is 0 Å². The Kier molecular flexibility index (Phi) is 6.86. The fourth-order valence-corrected chi connectivity index (χ4v) is 10.8. The number of benzene rings is 11. The molecular weight excluding hydrogens is 749 g/mol. The largest absolute Gasteiger partial charge is 0.309 e. The molecule has 0 spiro atoms. The predicted molar refractivity (Wildman–Crippen MR) is 263 cm³/mol. The summed E-state index contributed by atoms with van der Waals surface area (Å²) >= 11 is 0. The summed E-state index contributed by atoms with van der Waals surface area (Å²) in [5.74, 6) is 0. The Morgan fingerprint density at radius 1 is 0.242 bits per heavy atom. The molecule has 0 fully saturated rings. The monoisotopic (exact) mass is 784 g/mol. The van der Waals surface area contributed by atoms with Gasteiger partial charge >= 0.3 is 0 Å². The van der Waals surface area contributed by atoms with Gasteiger partial charge < -0.3 is 9.13 Å². The van der Waals surface area contributed by atoms with E-state index in [2.05, 4.69) is 228 Å². The lowest BCUT2D eigenvalue weighted by Gasteiger charge is -2.12. The maximum atomic E-state index is 2.48. The van der Waals surface area contributed by atoms with Crippen LogP contribution in [0.15, 0.2) is 218 Å². The van der Waals surface area contributed by atoms with E-state index in [9.17, 15) is 0 Å². The summed E-state index contributed by atoms with van der Waals surface area (Å²) in [7, 11) is 0. The van der Waals surface area contributed by atoms with Crippen LogP contribution in [0, 0.1) is 0 Å². The van der Waals surface area contributed by atoms with Crippen molar-refractivity contribution in [3.8, 4) is 55.9 Å². The van der Waals surface area contributed by atoms with Gasteiger partial charge in [-0.2, -0.15) is 0 Å². The van der Waals surface area contributed by atoms with Gasteiger partial charge in [-0.15, -0.1) is 0 Å². The fraction of sp³-hybridized carbons (Fsp3) is 0. The molecule has 13 aromatic rings. The first-order valence-electron chi connectivity index (χ1n) is 21.5. The molecule has 2 aromatic heterocycles. The molecule has 0 radical (unpaired) electrons. The van der Waals surface area contributed by atoms with Crippen LogP contribution in [0.2, 0.25) is 0 Å². The highest BCUT2D eigenvalue weighted by Crippen LogP contribution is 2.49. The molecule has 2 heterocycles. The lowest BCUT2D eigenvalue weighted by atomic mass is 9.96. The van der Waals surface area contributed by atoms with Crippen LogP contribution in [0.5, 0.6) is 0 Å². The third-order valence-electron chi connectivity index (χ3n) is 13.6. The van der Waals surface area contributed by atoms with Crippen LogP contribution in [0.4, 0.5) is 0 Å². The quantitative estimate of drug-likeness (QED) is 0.168. The Morgan fingerprint density at radius 3 is 1.37 bits per heavy atom. The molecule has 1 aliphatic rings. The molecule has 62 heavy (non-hydrogen) atoms. The molecule has 0 N–H and O–H groups in total. The standard InChI is InChI=1S/C60H36N2/c1-2-14-44(15-3-1)61-56-31-25-40(34-53(56)51-29-23-38-11-4-6-16-46(38)59(51)61)41-26-32-57-54(35-41)52-30-24-39-12-5-7-17-47(39)60(52)62(57)45-27-21-37(22-28-45)43-33-42-13-10-20-50-48-18-8-9-19-49(48)55(36-43)58(42)50/h1-36H. The lowest BCUT2D eigenvalue weighted by Crippen LogP contribution is -1.95. The van der Waals surface area contributed by atoms with Gasteiger partial charge in [0.25, 0.3) is 0 Å². The van der Waals surface area contributed by atoms with Gasteiger partial charge in [0, 0.05) is 43.7 Å². The minimum absolute atomic E-state index is 1.15. The zero-order valence-corrected chi connectivity index (χ0v) is 33.7. The SMILES string of the molecule is c1ccc(-n2c3ccc(-c4ccc5c(c4)c4ccc6ccccc6c4n5-c4ccc(-c5cc6c7c(cccc7c5)-c5ccccc5-6)cc4)cc3c3ccc4ccccc4c32)cc1. The topological polar surface area (TPSA) is 9.86 Å². The first-order valence-corrected chi connectivity index (χ1v) is 21.5. The molecular formula is C60H36N2. The van der Waals surface area contributed by atoms with Crippen LogP contribution in [0.1, 0.15) is 0 Å². The third-order valence-corrected chi connectivity index (χ3v) is 13.6. The molecule has 0 bridgehead atoms. The Balaban J connectivity index is 0.938. The van der Waals surface area contributed by atoms with Crippen LogP contribution in [0.3, 0.4) is 0 Å². The van der Waals surface area contributed by atoms with E-state index in [-0.39, 0.29) is 0 Å². The van der Waals surface area contributed by atoms with Gasteiger partial charge in [-0.1, -0.05) is 158 Å². The zero-order chi connectivity index (χ0) is 40.5. The first kappa shape index (κ1) is 33.6. The molecule has 0 amide bonds. The van der Waals surface area contributed by atoms with Crippen molar-refractivity contribution in [3.05, 3.63) is 218 Å². The molecule has 2 heteroatoms. The minimum atomic E-state index is 1.15. The van der Waals surface area contributed by atoms with Gasteiger partial charge in [-0.3, -0.25) is 0 Å². The van der Waals surface area contributed by atoms with Gasteiger partial charge in [-0.05, 0) is 127 Å². The van der Waals surface area contributed by atoms with Gasteiger partial charge in [0.1, 0.15) is 0 Å². The number of para-hydroxylation sites is 1. The van der Waals surface area contributed by atoms with Crippen LogP contribution < -0.4 is 0 Å². The van der Waals surface area contributed by atoms with E-state index in [1.165, 1.54) is 126 Å². The summed E-state index contributed by atoms with van der Waals surface area (Å²) < 4.78 is 4.92. The Morgan fingerprint density at radius 2 is 0.742 bits per heavy atom. The average Bonchev–Trinajstić information content (AvgIpc) is 3.98. The van der Waals surface area contributed by atoms with E-state index in [1.807, 2.05) is 0 Å². The number of hydrogen-bond donors (Lipinski definition) is 0. The average molecular weight is 785 g/mol. The zero-order valence-electron chi connectivity index (χ0n) is 33.7. The van der Waals surface area contributed by atoms with Crippen molar-refractivity contribution in [1.29, 1.82) is 0 Å². The van der Waals surface area contributed by atoms with Crippen LogP contribution >= 0.6 is 0 Å². The molecule has 0 unspecified atom stereocenters. The highest BCUT2D eigenvalue weighted by Gasteiger charge is 2.23. The summed E-state index contributed by atoms with van der Waals surface area (Å²) in [6, 6.07) is 81.0. The fourth-order valence-electron chi connectivity index (χ4n) is 10.8. The Bertz CT molecular complexity index is 4010. The molecule has 11 aromatic carbocycles. The highest BCUT2D eigenvalue weighted by atomic mass is 15.0. The highest BCUT2D eigenvalue weighted by molar-refractivity contribution is 6.21. The number of nitrogens with zero attached hydrogens (tertiary/aromatic N) is 2. The van der Waals surface area contributed by atoms with E-state index in [0.717, 1.165) is 5.69 Å². The van der Waals surface area contributed by atoms with Crippen molar-refractivity contribution in [1.82, 2.24) is 9.13 Å². The second-order valence-electron chi connectivity index (χ2n) is 16.9. The number of hydrogen-bond acceptors (Lipinski definition) is 0. The molecule has 14 rings (SSSR count). The van der Waals surface area contributed by atoms with Crippen molar-refractivity contribution >= 4 is 75.9 Å². The predicted octanol–water partition coefficient (Wildman–Crippen LogP) is 16.3. The van der Waals surface area contributed by atoms with Crippen molar-refractivity contribution in [2.45, 2.75) is 0 Å². The molecule has 286 valence electrons. The van der Waals surface area contributed by atoms with Crippen molar-refractivity contribution < 1.29 is 0 Å². The second-order valence-corrected chi connectivity index (χ2v) is 16.9. The minimum Gasteiger partial charge on any atom is -0.309 e. The summed E-state index contributed by atoms with van der Waals surface area (Å²) in [4.78, 5) is 0. The van der Waals surface area contributed by atoms with Crippen LogP contribution in [0.25, 0.3) is 132 Å².